The largest absolute Gasteiger partial charge is 0.389 e. The third kappa shape index (κ3) is 4.84. The van der Waals surface area contributed by atoms with Crippen molar-refractivity contribution in [2.75, 3.05) is 13.1 Å². The zero-order chi connectivity index (χ0) is 16.2. The molecule has 5 heteroatoms. The predicted octanol–water partition coefficient (Wildman–Crippen LogP) is 2.19. The van der Waals surface area contributed by atoms with Crippen LogP contribution in [0.1, 0.15) is 58.8 Å². The lowest BCUT2D eigenvalue weighted by molar-refractivity contribution is -0.134. The first-order valence-electron chi connectivity index (χ1n) is 7.83. The van der Waals surface area contributed by atoms with Crippen LogP contribution in [0.4, 0.5) is 0 Å². The summed E-state index contributed by atoms with van der Waals surface area (Å²) in [5, 5.41) is 14.3. The molecule has 1 aromatic rings. The number of amides is 1. The molecule has 2 rings (SSSR count). The number of aliphatic hydroxyl groups is 1. The summed E-state index contributed by atoms with van der Waals surface area (Å²) in [6.45, 7) is 12.9. The molecule has 2 heterocycles. The number of rotatable bonds is 3. The maximum Gasteiger partial charge on any atom is 0.244 e. The molecule has 0 fully saturated rings. The van der Waals surface area contributed by atoms with Crippen LogP contribution >= 0.6 is 0 Å². The van der Waals surface area contributed by atoms with Crippen molar-refractivity contribution < 1.29 is 9.90 Å². The quantitative estimate of drug-likeness (QED) is 0.930. The molecule has 0 spiro atoms. The van der Waals surface area contributed by atoms with Crippen molar-refractivity contribution in [2.24, 2.45) is 0 Å². The lowest BCUT2D eigenvalue weighted by Crippen LogP contribution is -2.43. The molecule has 1 N–H and O–H groups in total. The van der Waals surface area contributed by atoms with Gasteiger partial charge in [0.05, 0.1) is 11.3 Å². The van der Waals surface area contributed by atoms with Crippen LogP contribution in [0.25, 0.3) is 0 Å². The fourth-order valence-electron chi connectivity index (χ4n) is 2.33. The highest BCUT2D eigenvalue weighted by Gasteiger charge is 2.26. The molecule has 0 saturated heterocycles. The van der Waals surface area contributed by atoms with Gasteiger partial charge in [-0.15, -0.1) is 0 Å². The lowest BCUT2D eigenvalue weighted by Gasteiger charge is -2.27. The fourth-order valence-corrected chi connectivity index (χ4v) is 2.33. The van der Waals surface area contributed by atoms with Gasteiger partial charge in [0.1, 0.15) is 6.54 Å². The SMILES string of the molecule is CC.CC(C)c1cc2n(n1)CC(=O)N(CC(C)(C)O)CC2. The first-order valence-corrected chi connectivity index (χ1v) is 7.83. The summed E-state index contributed by atoms with van der Waals surface area (Å²) in [5.74, 6) is 0.404. The number of carbonyl (C=O) groups is 1. The molecule has 0 aliphatic carbocycles. The highest BCUT2D eigenvalue weighted by Crippen LogP contribution is 2.18. The summed E-state index contributed by atoms with van der Waals surface area (Å²) >= 11 is 0. The van der Waals surface area contributed by atoms with Crippen LogP contribution in [0.15, 0.2) is 6.07 Å². The molecule has 1 aromatic heterocycles. The molecule has 0 radical (unpaired) electrons. The molecule has 0 atom stereocenters. The minimum Gasteiger partial charge on any atom is -0.389 e. The average molecular weight is 295 g/mol. The van der Waals surface area contributed by atoms with Crippen molar-refractivity contribution in [2.45, 2.75) is 66.0 Å². The Bertz CT molecular complexity index is 472. The normalized spacial score (nSPS) is 15.4. The second-order valence-corrected chi connectivity index (χ2v) is 6.25. The van der Waals surface area contributed by atoms with Crippen molar-refractivity contribution >= 4 is 5.91 Å². The Kier molecular flexibility index (Phi) is 5.96. The van der Waals surface area contributed by atoms with Crippen molar-refractivity contribution in [3.63, 3.8) is 0 Å². The molecule has 5 nitrogen and oxygen atoms in total. The van der Waals surface area contributed by atoms with Gasteiger partial charge in [0, 0.05) is 25.2 Å². The van der Waals surface area contributed by atoms with E-state index in [4.69, 9.17) is 0 Å². The topological polar surface area (TPSA) is 58.4 Å². The van der Waals surface area contributed by atoms with Gasteiger partial charge in [-0.05, 0) is 25.8 Å². The van der Waals surface area contributed by atoms with E-state index in [0.717, 1.165) is 17.8 Å². The van der Waals surface area contributed by atoms with Gasteiger partial charge in [-0.3, -0.25) is 9.48 Å². The summed E-state index contributed by atoms with van der Waals surface area (Å²) < 4.78 is 1.81. The Hall–Kier alpha value is -1.36. The van der Waals surface area contributed by atoms with Crippen LogP contribution in [-0.4, -0.2) is 44.4 Å². The van der Waals surface area contributed by atoms with Crippen LogP contribution in [-0.2, 0) is 17.8 Å². The predicted molar refractivity (Wildman–Crippen MR) is 84.2 cm³/mol. The van der Waals surface area contributed by atoms with Crippen molar-refractivity contribution in [3.8, 4) is 0 Å². The minimum atomic E-state index is -0.856. The number of hydrogen-bond donors (Lipinski definition) is 1. The Morgan fingerprint density at radius 3 is 2.52 bits per heavy atom. The minimum absolute atomic E-state index is 0.0271. The van der Waals surface area contributed by atoms with Crippen LogP contribution < -0.4 is 0 Å². The molecule has 1 aliphatic heterocycles. The van der Waals surface area contributed by atoms with Crippen molar-refractivity contribution in [3.05, 3.63) is 17.5 Å². The van der Waals surface area contributed by atoms with Gasteiger partial charge in [0.15, 0.2) is 0 Å². The van der Waals surface area contributed by atoms with E-state index < -0.39 is 5.60 Å². The van der Waals surface area contributed by atoms with E-state index in [2.05, 4.69) is 25.0 Å². The van der Waals surface area contributed by atoms with E-state index in [0.29, 0.717) is 19.0 Å². The number of aromatic nitrogens is 2. The zero-order valence-corrected chi connectivity index (χ0v) is 14.2. The molecule has 0 saturated carbocycles. The van der Waals surface area contributed by atoms with Gasteiger partial charge >= 0.3 is 0 Å². The van der Waals surface area contributed by atoms with Gasteiger partial charge in [-0.25, -0.2) is 0 Å². The first-order chi connectivity index (χ1) is 9.76. The maximum absolute atomic E-state index is 12.2. The van der Waals surface area contributed by atoms with E-state index in [1.54, 1.807) is 18.7 Å². The fraction of sp³-hybridized carbons (Fsp3) is 0.750. The molecule has 21 heavy (non-hydrogen) atoms. The monoisotopic (exact) mass is 295 g/mol. The highest BCUT2D eigenvalue weighted by molar-refractivity contribution is 5.76. The second kappa shape index (κ2) is 7.07. The summed E-state index contributed by atoms with van der Waals surface area (Å²) in [4.78, 5) is 13.9. The van der Waals surface area contributed by atoms with Crippen LogP contribution in [0.2, 0.25) is 0 Å². The Balaban J connectivity index is 0.00000106. The number of fused-ring (bicyclic) bond motifs is 1. The van der Waals surface area contributed by atoms with E-state index in [1.807, 2.05) is 18.5 Å². The molecule has 1 aliphatic rings. The standard InChI is InChI=1S/C14H23N3O2.C2H6/c1-10(2)12-7-11-5-6-16(9-14(3,4)19)13(18)8-17(11)15-12;1-2/h7,10,19H,5-6,8-9H2,1-4H3;1-2H3. The molecular weight excluding hydrogens is 266 g/mol. The van der Waals surface area contributed by atoms with E-state index in [9.17, 15) is 9.90 Å². The number of hydrogen-bond acceptors (Lipinski definition) is 3. The lowest BCUT2D eigenvalue weighted by atomic mass is 10.1. The summed E-state index contributed by atoms with van der Waals surface area (Å²) in [7, 11) is 0. The average Bonchev–Trinajstić information content (AvgIpc) is 2.73. The zero-order valence-electron chi connectivity index (χ0n) is 14.2. The summed E-state index contributed by atoms with van der Waals surface area (Å²) in [6, 6.07) is 2.09. The smallest absolute Gasteiger partial charge is 0.244 e. The highest BCUT2D eigenvalue weighted by atomic mass is 16.3. The van der Waals surface area contributed by atoms with Gasteiger partial charge in [0.2, 0.25) is 5.91 Å². The Morgan fingerprint density at radius 2 is 2.00 bits per heavy atom. The summed E-state index contributed by atoms with van der Waals surface area (Å²) in [6.07, 6.45) is 0.793. The van der Waals surface area contributed by atoms with Gasteiger partial charge in [-0.1, -0.05) is 27.7 Å². The molecule has 0 aromatic carbocycles. The molecule has 0 bridgehead atoms. The number of carbonyl (C=O) groups excluding carboxylic acids is 1. The Morgan fingerprint density at radius 1 is 1.38 bits per heavy atom. The number of β-amino-alcohol motifs (C(OH)–C–C–N with tert-alkyl or cyclic N) is 1. The molecule has 1 amide bonds. The molecule has 0 unspecified atom stereocenters. The van der Waals surface area contributed by atoms with Crippen molar-refractivity contribution in [1.82, 2.24) is 14.7 Å². The van der Waals surface area contributed by atoms with E-state index in [1.165, 1.54) is 0 Å². The summed E-state index contributed by atoms with van der Waals surface area (Å²) in [5.41, 5.74) is 1.29. The number of nitrogens with zero attached hydrogens (tertiary/aromatic N) is 3. The van der Waals surface area contributed by atoms with Gasteiger partial charge in [-0.2, -0.15) is 5.10 Å². The van der Waals surface area contributed by atoms with E-state index in [-0.39, 0.29) is 12.5 Å². The third-order valence-corrected chi connectivity index (χ3v) is 3.33. The molecular formula is C16H29N3O2. The van der Waals surface area contributed by atoms with Gasteiger partial charge in [0.25, 0.3) is 0 Å². The van der Waals surface area contributed by atoms with Gasteiger partial charge < -0.3 is 10.0 Å². The van der Waals surface area contributed by atoms with Crippen molar-refractivity contribution in [1.29, 1.82) is 0 Å². The molecule has 120 valence electrons. The maximum atomic E-state index is 12.2. The van der Waals surface area contributed by atoms with Crippen LogP contribution in [0.5, 0.6) is 0 Å². The van der Waals surface area contributed by atoms with Crippen LogP contribution in [0, 0.1) is 0 Å². The van der Waals surface area contributed by atoms with E-state index >= 15 is 0 Å². The Labute approximate surface area is 127 Å². The first kappa shape index (κ1) is 17.7. The van der Waals surface area contributed by atoms with Crippen LogP contribution in [0.3, 0.4) is 0 Å². The third-order valence-electron chi connectivity index (χ3n) is 3.33. The second-order valence-electron chi connectivity index (χ2n) is 6.25.